The Labute approximate surface area is 142 Å². The molecule has 124 valence electrons. The van der Waals surface area contributed by atoms with Crippen molar-refractivity contribution in [3.63, 3.8) is 0 Å². The second kappa shape index (κ2) is 5.55. The van der Waals surface area contributed by atoms with Crippen molar-refractivity contribution in [2.24, 2.45) is 0 Å². The van der Waals surface area contributed by atoms with Gasteiger partial charge in [-0.3, -0.25) is 4.79 Å². The second-order valence-corrected chi connectivity index (χ2v) is 6.79. The molecule has 24 heavy (non-hydrogen) atoms. The fraction of sp³-hybridized carbons (Fsp3) is 0.350. The third-order valence-electron chi connectivity index (χ3n) is 5.18. The molecule has 4 nitrogen and oxygen atoms in total. The van der Waals surface area contributed by atoms with Gasteiger partial charge in [0.05, 0.1) is 0 Å². The minimum absolute atomic E-state index is 0.0352. The van der Waals surface area contributed by atoms with Gasteiger partial charge in [0.1, 0.15) is 5.75 Å². The zero-order valence-corrected chi connectivity index (χ0v) is 14.1. The van der Waals surface area contributed by atoms with E-state index in [0.29, 0.717) is 6.42 Å². The van der Waals surface area contributed by atoms with Crippen molar-refractivity contribution >= 4 is 17.3 Å². The van der Waals surface area contributed by atoms with E-state index in [2.05, 4.69) is 19.9 Å². The van der Waals surface area contributed by atoms with Crippen LogP contribution in [0, 0.1) is 13.8 Å². The average molecular weight is 322 g/mol. The Balaban J connectivity index is 1.62. The molecule has 0 saturated heterocycles. The number of ether oxygens (including phenoxy) is 1. The molecule has 0 aliphatic carbocycles. The number of nitrogens with two attached hydrogens (primary N) is 1. The Morgan fingerprint density at radius 2 is 2.04 bits per heavy atom. The molecule has 1 atom stereocenters. The Bertz CT molecular complexity index is 798. The summed E-state index contributed by atoms with van der Waals surface area (Å²) in [5.74, 6) is 0.884. The number of nitrogen functional groups attached to an aromatic ring is 1. The normalized spacial score (nSPS) is 18.8. The van der Waals surface area contributed by atoms with Crippen molar-refractivity contribution in [2.75, 3.05) is 17.2 Å². The molecule has 0 spiro atoms. The van der Waals surface area contributed by atoms with E-state index in [1.165, 1.54) is 11.1 Å². The van der Waals surface area contributed by atoms with Crippen molar-refractivity contribution in [3.8, 4) is 5.75 Å². The fourth-order valence-electron chi connectivity index (χ4n) is 3.71. The lowest BCUT2D eigenvalue weighted by atomic mass is 9.98. The number of amides is 1. The van der Waals surface area contributed by atoms with Crippen LogP contribution in [0.5, 0.6) is 5.75 Å². The lowest BCUT2D eigenvalue weighted by Gasteiger charge is -2.31. The molecule has 2 aromatic rings. The monoisotopic (exact) mass is 322 g/mol. The molecule has 4 rings (SSSR count). The summed E-state index contributed by atoms with van der Waals surface area (Å²) in [5, 5.41) is 0. The smallest absolute Gasteiger partial charge is 0.268 e. The number of carbonyl (C=O) groups excluding carboxylic acids is 1. The molecule has 2 heterocycles. The Morgan fingerprint density at radius 3 is 2.88 bits per heavy atom. The van der Waals surface area contributed by atoms with Crippen molar-refractivity contribution in [1.29, 1.82) is 0 Å². The highest BCUT2D eigenvalue weighted by atomic mass is 16.5. The third-order valence-corrected chi connectivity index (χ3v) is 5.18. The minimum atomic E-state index is -0.436. The van der Waals surface area contributed by atoms with Gasteiger partial charge in [0.25, 0.3) is 5.91 Å². The van der Waals surface area contributed by atoms with Gasteiger partial charge in [0.15, 0.2) is 6.10 Å². The van der Waals surface area contributed by atoms with Crippen LogP contribution in [0.25, 0.3) is 0 Å². The fourth-order valence-corrected chi connectivity index (χ4v) is 3.71. The SMILES string of the molecule is Cc1cc2c(cc1C)OC(C(=O)N1CCCc3c(N)cccc31)C2. The highest BCUT2D eigenvalue weighted by Gasteiger charge is 2.35. The first-order valence-electron chi connectivity index (χ1n) is 8.50. The number of rotatable bonds is 1. The van der Waals surface area contributed by atoms with Crippen LogP contribution in [0.15, 0.2) is 30.3 Å². The lowest BCUT2D eigenvalue weighted by Crippen LogP contribution is -2.44. The predicted molar refractivity (Wildman–Crippen MR) is 95.6 cm³/mol. The van der Waals surface area contributed by atoms with Crippen LogP contribution in [0.1, 0.15) is 28.7 Å². The summed E-state index contributed by atoms with van der Waals surface area (Å²) in [7, 11) is 0. The maximum absolute atomic E-state index is 13.1. The topological polar surface area (TPSA) is 55.6 Å². The Morgan fingerprint density at radius 1 is 1.25 bits per heavy atom. The van der Waals surface area contributed by atoms with E-state index in [1.807, 2.05) is 29.2 Å². The van der Waals surface area contributed by atoms with Gasteiger partial charge in [-0.1, -0.05) is 12.1 Å². The third kappa shape index (κ3) is 2.33. The molecule has 2 N–H and O–H groups in total. The quantitative estimate of drug-likeness (QED) is 0.821. The van der Waals surface area contributed by atoms with Crippen molar-refractivity contribution < 1.29 is 9.53 Å². The number of aryl methyl sites for hydroxylation is 2. The molecule has 0 bridgehead atoms. The first-order valence-corrected chi connectivity index (χ1v) is 8.50. The van der Waals surface area contributed by atoms with Crippen LogP contribution < -0.4 is 15.4 Å². The van der Waals surface area contributed by atoms with E-state index in [-0.39, 0.29) is 5.91 Å². The second-order valence-electron chi connectivity index (χ2n) is 6.79. The molecule has 0 fully saturated rings. The van der Waals surface area contributed by atoms with E-state index in [4.69, 9.17) is 10.5 Å². The number of benzene rings is 2. The first-order chi connectivity index (χ1) is 11.5. The predicted octanol–water partition coefficient (Wildman–Crippen LogP) is 3.17. The molecule has 0 radical (unpaired) electrons. The summed E-state index contributed by atoms with van der Waals surface area (Å²) >= 11 is 0. The molecule has 4 heteroatoms. The molecule has 2 aliphatic rings. The van der Waals surface area contributed by atoms with E-state index in [9.17, 15) is 4.79 Å². The van der Waals surface area contributed by atoms with Crippen molar-refractivity contribution in [1.82, 2.24) is 0 Å². The highest BCUT2D eigenvalue weighted by Crippen LogP contribution is 2.35. The highest BCUT2D eigenvalue weighted by molar-refractivity contribution is 5.99. The molecular formula is C20H22N2O2. The van der Waals surface area contributed by atoms with Crippen LogP contribution in [0.2, 0.25) is 0 Å². The zero-order valence-electron chi connectivity index (χ0n) is 14.1. The number of carbonyl (C=O) groups is 1. The Hall–Kier alpha value is -2.49. The van der Waals surface area contributed by atoms with Gasteiger partial charge in [-0.15, -0.1) is 0 Å². The maximum Gasteiger partial charge on any atom is 0.268 e. The number of hydrogen-bond donors (Lipinski definition) is 1. The summed E-state index contributed by atoms with van der Waals surface area (Å²) in [6, 6.07) is 9.98. The van der Waals surface area contributed by atoms with Crippen molar-refractivity contribution in [3.05, 3.63) is 52.6 Å². The lowest BCUT2D eigenvalue weighted by molar-refractivity contribution is -0.124. The summed E-state index contributed by atoms with van der Waals surface area (Å²) in [5.41, 5.74) is 12.4. The molecule has 0 saturated carbocycles. The summed E-state index contributed by atoms with van der Waals surface area (Å²) in [6.45, 7) is 4.88. The van der Waals surface area contributed by atoms with Gasteiger partial charge in [0, 0.05) is 24.3 Å². The molecule has 2 aliphatic heterocycles. The van der Waals surface area contributed by atoms with Gasteiger partial charge in [-0.05, 0) is 67.1 Å². The van der Waals surface area contributed by atoms with Crippen LogP contribution in [0.4, 0.5) is 11.4 Å². The van der Waals surface area contributed by atoms with Gasteiger partial charge in [-0.25, -0.2) is 0 Å². The van der Waals surface area contributed by atoms with E-state index in [0.717, 1.165) is 47.6 Å². The molecule has 0 aromatic heterocycles. The maximum atomic E-state index is 13.1. The molecule has 1 unspecified atom stereocenters. The van der Waals surface area contributed by atoms with Gasteiger partial charge < -0.3 is 15.4 Å². The van der Waals surface area contributed by atoms with Gasteiger partial charge in [-0.2, -0.15) is 0 Å². The zero-order chi connectivity index (χ0) is 16.8. The standard InChI is InChI=1S/C20H22N2O2/c1-12-9-14-11-19(24-18(14)10-13(12)2)20(23)22-8-4-5-15-16(21)6-3-7-17(15)22/h3,6-7,9-10,19H,4-5,8,11,21H2,1-2H3. The largest absolute Gasteiger partial charge is 0.480 e. The van der Waals surface area contributed by atoms with Crippen LogP contribution in [-0.2, 0) is 17.6 Å². The molecule has 2 aromatic carbocycles. The Kier molecular flexibility index (Phi) is 3.48. The van der Waals surface area contributed by atoms with Crippen LogP contribution in [-0.4, -0.2) is 18.6 Å². The van der Waals surface area contributed by atoms with Gasteiger partial charge >= 0.3 is 0 Å². The number of fused-ring (bicyclic) bond motifs is 2. The van der Waals surface area contributed by atoms with E-state index >= 15 is 0 Å². The van der Waals surface area contributed by atoms with E-state index in [1.54, 1.807) is 0 Å². The molecular weight excluding hydrogens is 300 g/mol. The van der Waals surface area contributed by atoms with Crippen molar-refractivity contribution in [2.45, 2.75) is 39.2 Å². The van der Waals surface area contributed by atoms with Crippen LogP contribution >= 0.6 is 0 Å². The number of nitrogens with zero attached hydrogens (tertiary/aromatic N) is 1. The van der Waals surface area contributed by atoms with Gasteiger partial charge in [0.2, 0.25) is 0 Å². The average Bonchev–Trinajstić information content (AvgIpc) is 2.97. The molecule has 1 amide bonds. The summed E-state index contributed by atoms with van der Waals surface area (Å²) < 4.78 is 5.98. The summed E-state index contributed by atoms with van der Waals surface area (Å²) in [6.07, 6.45) is 2.07. The van der Waals surface area contributed by atoms with Crippen LogP contribution in [0.3, 0.4) is 0 Å². The number of hydrogen-bond acceptors (Lipinski definition) is 3. The first kappa shape index (κ1) is 15.1. The van der Waals surface area contributed by atoms with E-state index < -0.39 is 6.10 Å². The summed E-state index contributed by atoms with van der Waals surface area (Å²) in [4.78, 5) is 14.9. The minimum Gasteiger partial charge on any atom is -0.480 e. The number of anilines is 2.